The smallest absolute Gasteiger partial charge is 0.184 e. The second kappa shape index (κ2) is 6.03. The van der Waals surface area contributed by atoms with E-state index in [2.05, 4.69) is 0 Å². The van der Waals surface area contributed by atoms with Crippen LogP contribution in [0.15, 0.2) is 47.1 Å². The minimum Gasteiger partial charge on any atom is -0.469 e. The minimum absolute atomic E-state index is 0.0984. The maximum atomic E-state index is 12.2. The highest BCUT2D eigenvalue weighted by atomic mass is 16.7. The molecule has 0 amide bonds. The third-order valence-electron chi connectivity index (χ3n) is 3.28. The summed E-state index contributed by atoms with van der Waals surface area (Å²) in [6, 6.07) is 11.2. The molecule has 1 aliphatic rings. The zero-order valence-corrected chi connectivity index (χ0v) is 11.1. The lowest BCUT2D eigenvalue weighted by Gasteiger charge is -2.10. The van der Waals surface area contributed by atoms with Crippen molar-refractivity contribution in [3.8, 4) is 0 Å². The number of carbonyl (C=O) groups is 1. The van der Waals surface area contributed by atoms with E-state index < -0.39 is 0 Å². The van der Waals surface area contributed by atoms with E-state index in [-0.39, 0.29) is 12.1 Å². The molecule has 1 saturated heterocycles. The monoisotopic (exact) mass is 272 g/mol. The van der Waals surface area contributed by atoms with Crippen LogP contribution in [-0.2, 0) is 15.9 Å². The molecule has 4 heteroatoms. The number of benzene rings is 1. The Hall–Kier alpha value is -1.91. The van der Waals surface area contributed by atoms with Gasteiger partial charge < -0.3 is 13.9 Å². The summed E-state index contributed by atoms with van der Waals surface area (Å²) < 4.78 is 16.1. The molecule has 2 heterocycles. The summed E-state index contributed by atoms with van der Waals surface area (Å²) in [6.07, 6.45) is 2.33. The van der Waals surface area contributed by atoms with E-state index in [0.717, 1.165) is 11.3 Å². The SMILES string of the molecule is O=C(CCc1ccco1)c1cccc(C2OCCO2)c1. The maximum Gasteiger partial charge on any atom is 0.184 e. The highest BCUT2D eigenvalue weighted by Gasteiger charge is 2.19. The van der Waals surface area contributed by atoms with E-state index in [1.165, 1.54) is 0 Å². The van der Waals surface area contributed by atoms with Gasteiger partial charge in [-0.25, -0.2) is 0 Å². The van der Waals surface area contributed by atoms with Gasteiger partial charge in [0.2, 0.25) is 0 Å². The summed E-state index contributed by atoms with van der Waals surface area (Å²) in [5.74, 6) is 0.929. The van der Waals surface area contributed by atoms with Gasteiger partial charge in [0, 0.05) is 24.0 Å². The third-order valence-corrected chi connectivity index (χ3v) is 3.28. The van der Waals surface area contributed by atoms with Gasteiger partial charge in [0.1, 0.15) is 5.76 Å². The van der Waals surface area contributed by atoms with Crippen LogP contribution in [0.5, 0.6) is 0 Å². The molecule has 0 radical (unpaired) electrons. The van der Waals surface area contributed by atoms with E-state index >= 15 is 0 Å². The van der Waals surface area contributed by atoms with Crippen molar-refractivity contribution < 1.29 is 18.7 Å². The zero-order valence-electron chi connectivity index (χ0n) is 11.1. The summed E-state index contributed by atoms with van der Waals surface area (Å²) >= 11 is 0. The van der Waals surface area contributed by atoms with Crippen molar-refractivity contribution in [2.24, 2.45) is 0 Å². The van der Waals surface area contributed by atoms with E-state index in [1.54, 1.807) is 6.26 Å². The Morgan fingerprint density at radius 1 is 1.15 bits per heavy atom. The predicted molar refractivity (Wildman–Crippen MR) is 72.4 cm³/mol. The van der Waals surface area contributed by atoms with Gasteiger partial charge in [0.05, 0.1) is 19.5 Å². The number of hydrogen-bond donors (Lipinski definition) is 0. The molecule has 1 aliphatic heterocycles. The molecular formula is C16H16O4. The summed E-state index contributed by atoms with van der Waals surface area (Å²) in [4.78, 5) is 12.2. The van der Waals surface area contributed by atoms with Crippen molar-refractivity contribution in [1.82, 2.24) is 0 Å². The molecule has 0 spiro atoms. The highest BCUT2D eigenvalue weighted by Crippen LogP contribution is 2.24. The van der Waals surface area contributed by atoms with Crippen molar-refractivity contribution in [1.29, 1.82) is 0 Å². The average molecular weight is 272 g/mol. The topological polar surface area (TPSA) is 48.7 Å². The van der Waals surface area contributed by atoms with Crippen molar-refractivity contribution >= 4 is 5.78 Å². The molecule has 0 atom stereocenters. The zero-order chi connectivity index (χ0) is 13.8. The normalized spacial score (nSPS) is 15.6. The van der Waals surface area contributed by atoms with Crippen LogP contribution in [0.4, 0.5) is 0 Å². The third kappa shape index (κ3) is 2.98. The Bertz CT molecular complexity index is 568. The Kier molecular flexibility index (Phi) is 3.95. The van der Waals surface area contributed by atoms with Gasteiger partial charge in [-0.1, -0.05) is 18.2 Å². The fourth-order valence-corrected chi connectivity index (χ4v) is 2.25. The fraction of sp³-hybridized carbons (Fsp3) is 0.312. The molecule has 0 aliphatic carbocycles. The molecule has 104 valence electrons. The lowest BCUT2D eigenvalue weighted by molar-refractivity contribution is -0.0441. The first-order valence-electron chi connectivity index (χ1n) is 6.72. The van der Waals surface area contributed by atoms with Crippen LogP contribution in [0.25, 0.3) is 0 Å². The lowest BCUT2D eigenvalue weighted by Crippen LogP contribution is -2.04. The maximum absolute atomic E-state index is 12.2. The van der Waals surface area contributed by atoms with Crippen LogP contribution >= 0.6 is 0 Å². The molecule has 0 bridgehead atoms. The molecule has 1 aromatic carbocycles. The number of aryl methyl sites for hydroxylation is 1. The van der Waals surface area contributed by atoms with E-state index in [4.69, 9.17) is 13.9 Å². The average Bonchev–Trinajstić information content (AvgIpc) is 3.18. The molecule has 2 aromatic rings. The highest BCUT2D eigenvalue weighted by molar-refractivity contribution is 5.96. The van der Waals surface area contributed by atoms with Crippen molar-refractivity contribution in [3.05, 3.63) is 59.5 Å². The summed E-state index contributed by atoms with van der Waals surface area (Å²) in [5, 5.41) is 0. The van der Waals surface area contributed by atoms with Gasteiger partial charge in [-0.05, 0) is 18.2 Å². The number of rotatable bonds is 5. The summed E-state index contributed by atoms with van der Waals surface area (Å²) in [6.45, 7) is 1.20. The predicted octanol–water partition coefficient (Wildman–Crippen LogP) is 3.14. The number of carbonyl (C=O) groups excluding carboxylic acids is 1. The Morgan fingerprint density at radius 3 is 2.75 bits per heavy atom. The Labute approximate surface area is 117 Å². The molecule has 4 nitrogen and oxygen atoms in total. The van der Waals surface area contributed by atoms with Crippen LogP contribution in [0, 0.1) is 0 Å². The van der Waals surface area contributed by atoms with Crippen molar-refractivity contribution in [2.75, 3.05) is 13.2 Å². The van der Waals surface area contributed by atoms with Gasteiger partial charge in [0.15, 0.2) is 12.1 Å². The van der Waals surface area contributed by atoms with E-state index in [9.17, 15) is 4.79 Å². The number of furan rings is 1. The molecule has 0 N–H and O–H groups in total. The first-order valence-corrected chi connectivity index (χ1v) is 6.72. The Morgan fingerprint density at radius 2 is 2.00 bits per heavy atom. The molecule has 3 rings (SSSR count). The molecule has 0 saturated carbocycles. The number of ketones is 1. The summed E-state index contributed by atoms with van der Waals surface area (Å²) in [7, 11) is 0. The first kappa shape index (κ1) is 13.1. The van der Waals surface area contributed by atoms with Crippen LogP contribution in [0.3, 0.4) is 0 Å². The Balaban J connectivity index is 1.66. The molecule has 1 fully saturated rings. The van der Waals surface area contributed by atoms with Crippen molar-refractivity contribution in [2.45, 2.75) is 19.1 Å². The van der Waals surface area contributed by atoms with Gasteiger partial charge in [-0.2, -0.15) is 0 Å². The van der Waals surface area contributed by atoms with Gasteiger partial charge in [0.25, 0.3) is 0 Å². The molecule has 0 unspecified atom stereocenters. The standard InChI is InChI=1S/C16H16O4/c17-15(7-6-14-5-2-8-18-14)12-3-1-4-13(11-12)16-19-9-10-20-16/h1-5,8,11,16H,6-7,9-10H2. The minimum atomic E-state index is -0.340. The molecule has 1 aromatic heterocycles. The van der Waals surface area contributed by atoms with Gasteiger partial charge >= 0.3 is 0 Å². The second-order valence-electron chi connectivity index (χ2n) is 4.70. The van der Waals surface area contributed by atoms with Crippen LogP contribution in [0.2, 0.25) is 0 Å². The largest absolute Gasteiger partial charge is 0.469 e. The second-order valence-corrected chi connectivity index (χ2v) is 4.70. The molecule has 20 heavy (non-hydrogen) atoms. The van der Waals surface area contributed by atoms with Gasteiger partial charge in [-0.15, -0.1) is 0 Å². The van der Waals surface area contributed by atoms with Crippen molar-refractivity contribution in [3.63, 3.8) is 0 Å². The van der Waals surface area contributed by atoms with Crippen LogP contribution < -0.4 is 0 Å². The lowest BCUT2D eigenvalue weighted by atomic mass is 10.0. The van der Waals surface area contributed by atoms with Gasteiger partial charge in [-0.3, -0.25) is 4.79 Å². The molecular weight excluding hydrogens is 256 g/mol. The fourth-order valence-electron chi connectivity index (χ4n) is 2.25. The quantitative estimate of drug-likeness (QED) is 0.784. The van der Waals surface area contributed by atoms with Crippen LogP contribution in [-0.4, -0.2) is 19.0 Å². The van der Waals surface area contributed by atoms with E-state index in [0.29, 0.717) is 31.6 Å². The number of Topliss-reactive ketones (excluding diaryl/α,β-unsaturated/α-hetero) is 1. The first-order chi connectivity index (χ1) is 9.83. The van der Waals surface area contributed by atoms with Crippen LogP contribution in [0.1, 0.15) is 34.4 Å². The number of hydrogen-bond acceptors (Lipinski definition) is 4. The summed E-state index contributed by atoms with van der Waals surface area (Å²) in [5.41, 5.74) is 1.58. The number of ether oxygens (including phenoxy) is 2. The van der Waals surface area contributed by atoms with E-state index in [1.807, 2.05) is 36.4 Å².